The van der Waals surface area contributed by atoms with Crippen molar-refractivity contribution < 1.29 is 9.53 Å². The van der Waals surface area contributed by atoms with E-state index in [2.05, 4.69) is 5.10 Å². The maximum atomic E-state index is 12.7. The van der Waals surface area contributed by atoms with E-state index in [1.807, 2.05) is 36.5 Å². The predicted octanol–water partition coefficient (Wildman–Crippen LogP) is 2.78. The summed E-state index contributed by atoms with van der Waals surface area (Å²) in [5.41, 5.74) is 3.67. The van der Waals surface area contributed by atoms with Gasteiger partial charge in [0, 0.05) is 23.5 Å². The summed E-state index contributed by atoms with van der Waals surface area (Å²) in [5.74, 6) is -0.256. The molecule has 1 aromatic carbocycles. The maximum absolute atomic E-state index is 12.7. The predicted molar refractivity (Wildman–Crippen MR) is 86.3 cm³/mol. The molecular formula is C18H17N3O2. The number of fused-ring (bicyclic) bond motifs is 2. The van der Waals surface area contributed by atoms with Crippen molar-refractivity contribution in [2.75, 3.05) is 6.61 Å². The van der Waals surface area contributed by atoms with Crippen LogP contribution >= 0.6 is 0 Å². The number of ether oxygens (including phenoxy) is 1. The van der Waals surface area contributed by atoms with E-state index in [9.17, 15) is 4.79 Å². The van der Waals surface area contributed by atoms with E-state index in [0.29, 0.717) is 18.7 Å². The number of pyridine rings is 1. The molecule has 0 unspecified atom stereocenters. The van der Waals surface area contributed by atoms with Gasteiger partial charge in [-0.1, -0.05) is 18.2 Å². The molecule has 0 spiro atoms. The summed E-state index contributed by atoms with van der Waals surface area (Å²) in [7, 11) is 0. The Morgan fingerprint density at radius 1 is 1.22 bits per heavy atom. The first-order chi connectivity index (χ1) is 11.3. The normalized spacial score (nSPS) is 13.2. The number of esters is 1. The average Bonchev–Trinajstić information content (AvgIpc) is 3.23. The molecule has 4 rings (SSSR count). The molecule has 5 nitrogen and oxygen atoms in total. The van der Waals surface area contributed by atoms with Gasteiger partial charge in [0.15, 0.2) is 0 Å². The number of benzene rings is 1. The van der Waals surface area contributed by atoms with Crippen LogP contribution in [0.2, 0.25) is 0 Å². The van der Waals surface area contributed by atoms with Crippen molar-refractivity contribution in [3.63, 3.8) is 0 Å². The van der Waals surface area contributed by atoms with Gasteiger partial charge in [0.25, 0.3) is 0 Å². The topological polar surface area (TPSA) is 57.0 Å². The fourth-order valence-corrected chi connectivity index (χ4v) is 3.18. The van der Waals surface area contributed by atoms with E-state index in [4.69, 9.17) is 9.72 Å². The fraction of sp³-hybridized carbons (Fsp3) is 0.278. The van der Waals surface area contributed by atoms with Crippen LogP contribution in [0.4, 0.5) is 0 Å². The number of aryl methyl sites for hydroxylation is 1. The molecule has 0 atom stereocenters. The Labute approximate surface area is 133 Å². The van der Waals surface area contributed by atoms with Gasteiger partial charge in [-0.25, -0.2) is 4.79 Å². The second-order valence-corrected chi connectivity index (χ2v) is 5.69. The molecule has 0 saturated heterocycles. The van der Waals surface area contributed by atoms with Crippen LogP contribution in [0.15, 0.2) is 42.7 Å². The minimum Gasteiger partial charge on any atom is -0.460 e. The van der Waals surface area contributed by atoms with Gasteiger partial charge in [0.05, 0.1) is 17.6 Å². The molecule has 5 heteroatoms. The largest absolute Gasteiger partial charge is 0.460 e. The van der Waals surface area contributed by atoms with Gasteiger partial charge in [-0.05, 0) is 37.0 Å². The van der Waals surface area contributed by atoms with Gasteiger partial charge in [0.1, 0.15) is 6.61 Å². The lowest BCUT2D eigenvalue weighted by Gasteiger charge is -2.12. The molecule has 1 aliphatic rings. The zero-order chi connectivity index (χ0) is 15.6. The quantitative estimate of drug-likeness (QED) is 0.696. The highest BCUT2D eigenvalue weighted by molar-refractivity contribution is 6.05. The smallest absolute Gasteiger partial charge is 0.339 e. The Balaban J connectivity index is 1.63. The number of rotatable bonds is 4. The highest BCUT2D eigenvalue weighted by atomic mass is 16.5. The molecular weight excluding hydrogens is 290 g/mol. The fourth-order valence-electron chi connectivity index (χ4n) is 3.18. The Morgan fingerprint density at radius 3 is 3.00 bits per heavy atom. The van der Waals surface area contributed by atoms with Crippen molar-refractivity contribution in [3.05, 3.63) is 59.5 Å². The maximum Gasteiger partial charge on any atom is 0.339 e. The number of para-hydroxylation sites is 1. The van der Waals surface area contributed by atoms with Crippen molar-refractivity contribution in [2.45, 2.75) is 25.8 Å². The molecule has 3 aromatic rings. The molecule has 23 heavy (non-hydrogen) atoms. The van der Waals surface area contributed by atoms with Crippen LogP contribution in [-0.2, 0) is 24.1 Å². The second-order valence-electron chi connectivity index (χ2n) is 5.69. The molecule has 0 aliphatic heterocycles. The number of hydrogen-bond acceptors (Lipinski definition) is 4. The highest BCUT2D eigenvalue weighted by Crippen LogP contribution is 2.30. The SMILES string of the molecule is O=C(OCCn1cccn1)c1c2c(nc3ccccc13)CCC2. The zero-order valence-electron chi connectivity index (χ0n) is 12.7. The monoisotopic (exact) mass is 307 g/mol. The van der Waals surface area contributed by atoms with Crippen molar-refractivity contribution >= 4 is 16.9 Å². The third-order valence-corrected chi connectivity index (χ3v) is 4.24. The minimum atomic E-state index is -0.256. The molecule has 1 aliphatic carbocycles. The van der Waals surface area contributed by atoms with Crippen molar-refractivity contribution in [2.24, 2.45) is 0 Å². The molecule has 0 radical (unpaired) electrons. The van der Waals surface area contributed by atoms with Crippen LogP contribution in [0.25, 0.3) is 10.9 Å². The Morgan fingerprint density at radius 2 is 2.13 bits per heavy atom. The summed E-state index contributed by atoms with van der Waals surface area (Å²) in [5, 5.41) is 5.00. The van der Waals surface area contributed by atoms with Crippen LogP contribution in [0.3, 0.4) is 0 Å². The second kappa shape index (κ2) is 5.83. The number of carbonyl (C=O) groups excluding carboxylic acids is 1. The van der Waals surface area contributed by atoms with E-state index >= 15 is 0 Å². The van der Waals surface area contributed by atoms with Crippen LogP contribution in [-0.4, -0.2) is 27.3 Å². The number of nitrogens with zero attached hydrogens (tertiary/aromatic N) is 3. The van der Waals surface area contributed by atoms with Gasteiger partial charge < -0.3 is 4.74 Å². The third-order valence-electron chi connectivity index (χ3n) is 4.24. The Hall–Kier alpha value is -2.69. The van der Waals surface area contributed by atoms with E-state index in [1.165, 1.54) is 0 Å². The number of aromatic nitrogens is 3. The minimum absolute atomic E-state index is 0.256. The summed E-state index contributed by atoms with van der Waals surface area (Å²) in [4.78, 5) is 17.4. The average molecular weight is 307 g/mol. The molecule has 116 valence electrons. The van der Waals surface area contributed by atoms with E-state index in [-0.39, 0.29) is 5.97 Å². The summed E-state index contributed by atoms with van der Waals surface area (Å²) in [6.45, 7) is 0.871. The number of carbonyl (C=O) groups is 1. The van der Waals surface area contributed by atoms with Crippen LogP contribution in [0.5, 0.6) is 0 Å². The molecule has 2 heterocycles. The zero-order valence-corrected chi connectivity index (χ0v) is 12.7. The van der Waals surface area contributed by atoms with Crippen LogP contribution < -0.4 is 0 Å². The van der Waals surface area contributed by atoms with Crippen LogP contribution in [0.1, 0.15) is 28.0 Å². The first-order valence-corrected chi connectivity index (χ1v) is 7.88. The van der Waals surface area contributed by atoms with Crippen molar-refractivity contribution in [1.29, 1.82) is 0 Å². The molecule has 2 aromatic heterocycles. The Kier molecular flexibility index (Phi) is 3.54. The lowest BCUT2D eigenvalue weighted by atomic mass is 10.0. The molecule has 0 fully saturated rings. The van der Waals surface area contributed by atoms with Gasteiger partial charge in [0.2, 0.25) is 0 Å². The van der Waals surface area contributed by atoms with Crippen molar-refractivity contribution in [1.82, 2.24) is 14.8 Å². The molecule has 0 amide bonds. The molecule has 0 saturated carbocycles. The number of hydrogen-bond donors (Lipinski definition) is 0. The van der Waals surface area contributed by atoms with E-state index < -0.39 is 0 Å². The van der Waals surface area contributed by atoms with Crippen molar-refractivity contribution in [3.8, 4) is 0 Å². The highest BCUT2D eigenvalue weighted by Gasteiger charge is 2.24. The summed E-state index contributed by atoms with van der Waals surface area (Å²) in [6, 6.07) is 9.64. The molecule has 0 N–H and O–H groups in total. The lowest BCUT2D eigenvalue weighted by Crippen LogP contribution is -2.14. The van der Waals surface area contributed by atoms with E-state index in [1.54, 1.807) is 10.9 Å². The van der Waals surface area contributed by atoms with Gasteiger partial charge in [-0.2, -0.15) is 5.10 Å². The Bertz CT molecular complexity index is 856. The van der Waals surface area contributed by atoms with Gasteiger partial charge >= 0.3 is 5.97 Å². The summed E-state index contributed by atoms with van der Waals surface area (Å²) < 4.78 is 7.26. The summed E-state index contributed by atoms with van der Waals surface area (Å²) >= 11 is 0. The van der Waals surface area contributed by atoms with Gasteiger partial charge in [-0.15, -0.1) is 0 Å². The first-order valence-electron chi connectivity index (χ1n) is 7.88. The van der Waals surface area contributed by atoms with Crippen LogP contribution in [0, 0.1) is 0 Å². The van der Waals surface area contributed by atoms with Gasteiger partial charge in [-0.3, -0.25) is 9.67 Å². The summed E-state index contributed by atoms with van der Waals surface area (Å²) in [6.07, 6.45) is 6.45. The molecule has 0 bridgehead atoms. The first kappa shape index (κ1) is 13.9. The standard InChI is InChI=1S/C18H17N3O2/c22-18(23-12-11-21-10-4-9-19-21)17-13-5-1-2-7-15(13)20-16-8-3-6-14(16)17/h1-2,4-5,7,9-10H,3,6,8,11-12H2. The lowest BCUT2D eigenvalue weighted by molar-refractivity contribution is 0.0489. The van der Waals surface area contributed by atoms with E-state index in [0.717, 1.165) is 41.4 Å². The third kappa shape index (κ3) is 2.59.